The van der Waals surface area contributed by atoms with E-state index in [1.165, 1.54) is 0 Å². The number of morpholine rings is 1. The first-order chi connectivity index (χ1) is 18.0. The molecule has 0 saturated carbocycles. The molecule has 1 unspecified atom stereocenters. The molecule has 0 radical (unpaired) electrons. The van der Waals surface area contributed by atoms with Crippen LogP contribution in [0.4, 0.5) is 0 Å². The highest BCUT2D eigenvalue weighted by Gasteiger charge is 2.45. The van der Waals surface area contributed by atoms with Gasteiger partial charge in [-0.2, -0.15) is 0 Å². The van der Waals surface area contributed by atoms with Crippen LogP contribution in [0.5, 0.6) is 5.75 Å². The number of aliphatic hydroxyl groups is 1. The van der Waals surface area contributed by atoms with Gasteiger partial charge in [0.15, 0.2) is 0 Å². The Morgan fingerprint density at radius 1 is 0.973 bits per heavy atom. The zero-order valence-corrected chi connectivity index (χ0v) is 21.9. The van der Waals surface area contributed by atoms with Crippen molar-refractivity contribution < 1.29 is 24.2 Å². The topological polar surface area (TPSA) is 79.3 Å². The summed E-state index contributed by atoms with van der Waals surface area (Å²) in [6, 6.07) is 14.2. The maximum absolute atomic E-state index is 13.3. The molecule has 2 saturated heterocycles. The van der Waals surface area contributed by atoms with E-state index < -0.39 is 17.7 Å². The average molecular weight is 507 g/mol. The monoisotopic (exact) mass is 506 g/mol. The summed E-state index contributed by atoms with van der Waals surface area (Å²) in [5.74, 6) is -0.601. The van der Waals surface area contributed by atoms with Crippen molar-refractivity contribution in [1.29, 1.82) is 0 Å². The summed E-state index contributed by atoms with van der Waals surface area (Å²) in [5, 5.41) is 11.2. The van der Waals surface area contributed by atoms with Crippen LogP contribution < -0.4 is 4.74 Å². The number of ketones is 1. The third kappa shape index (κ3) is 6.59. The molecule has 37 heavy (non-hydrogen) atoms. The summed E-state index contributed by atoms with van der Waals surface area (Å²) in [4.78, 5) is 30.4. The molecular formula is C30H38N2O5. The van der Waals surface area contributed by atoms with Gasteiger partial charge in [0.05, 0.1) is 31.4 Å². The van der Waals surface area contributed by atoms with E-state index in [-0.39, 0.29) is 11.3 Å². The van der Waals surface area contributed by atoms with Crippen molar-refractivity contribution in [3.8, 4) is 5.75 Å². The second kappa shape index (κ2) is 12.9. The Morgan fingerprint density at radius 3 is 2.35 bits per heavy atom. The molecule has 2 aliphatic heterocycles. The minimum atomic E-state index is -0.653. The maximum Gasteiger partial charge on any atom is 0.295 e. The van der Waals surface area contributed by atoms with E-state index in [0.717, 1.165) is 62.2 Å². The Balaban J connectivity index is 1.60. The van der Waals surface area contributed by atoms with Crippen molar-refractivity contribution in [1.82, 2.24) is 9.80 Å². The molecule has 2 heterocycles. The first-order valence-corrected chi connectivity index (χ1v) is 13.4. The molecule has 0 aromatic heterocycles. The van der Waals surface area contributed by atoms with Gasteiger partial charge in [-0.1, -0.05) is 61.7 Å². The number of carbonyl (C=O) groups is 2. The molecule has 4 rings (SSSR count). The number of Topliss-reactive ketones (excluding diaryl/α,β-unsaturated/α-hetero) is 1. The Hall–Kier alpha value is -3.16. The number of benzene rings is 2. The van der Waals surface area contributed by atoms with Crippen LogP contribution in [0, 0.1) is 6.92 Å². The van der Waals surface area contributed by atoms with E-state index in [2.05, 4.69) is 11.8 Å². The predicted molar refractivity (Wildman–Crippen MR) is 144 cm³/mol. The first-order valence-electron chi connectivity index (χ1n) is 13.4. The molecule has 0 aliphatic carbocycles. The highest BCUT2D eigenvalue weighted by Crippen LogP contribution is 2.40. The van der Waals surface area contributed by atoms with Crippen LogP contribution in [0.1, 0.15) is 55.3 Å². The lowest BCUT2D eigenvalue weighted by atomic mass is 9.95. The molecule has 2 aromatic rings. The highest BCUT2D eigenvalue weighted by atomic mass is 16.5. The lowest BCUT2D eigenvalue weighted by Gasteiger charge is -2.29. The van der Waals surface area contributed by atoms with Crippen LogP contribution >= 0.6 is 0 Å². The van der Waals surface area contributed by atoms with Gasteiger partial charge in [-0.3, -0.25) is 14.5 Å². The van der Waals surface area contributed by atoms with Gasteiger partial charge in [-0.15, -0.1) is 0 Å². The van der Waals surface area contributed by atoms with Crippen molar-refractivity contribution in [2.24, 2.45) is 0 Å². The van der Waals surface area contributed by atoms with Crippen molar-refractivity contribution in [3.63, 3.8) is 0 Å². The average Bonchev–Trinajstić information content (AvgIpc) is 3.17. The van der Waals surface area contributed by atoms with Gasteiger partial charge in [0.2, 0.25) is 0 Å². The summed E-state index contributed by atoms with van der Waals surface area (Å²) in [7, 11) is 0. The lowest BCUT2D eigenvalue weighted by Crippen LogP contribution is -2.38. The van der Waals surface area contributed by atoms with Crippen LogP contribution in [0.2, 0.25) is 0 Å². The molecule has 0 bridgehead atoms. The second-order valence-corrected chi connectivity index (χ2v) is 9.79. The number of nitrogens with zero attached hydrogens (tertiary/aromatic N) is 2. The highest BCUT2D eigenvalue weighted by molar-refractivity contribution is 6.46. The second-order valence-electron chi connectivity index (χ2n) is 9.79. The van der Waals surface area contributed by atoms with Crippen LogP contribution in [0.15, 0.2) is 54.1 Å². The molecule has 198 valence electrons. The first kappa shape index (κ1) is 26.9. The molecule has 7 nitrogen and oxygen atoms in total. The van der Waals surface area contributed by atoms with Crippen LogP contribution in [-0.4, -0.2) is 72.6 Å². The number of rotatable bonds is 11. The number of amides is 1. The van der Waals surface area contributed by atoms with Crippen molar-refractivity contribution >= 4 is 17.4 Å². The maximum atomic E-state index is 13.3. The number of ether oxygens (including phenoxy) is 2. The largest absolute Gasteiger partial charge is 0.507 e. The lowest BCUT2D eigenvalue weighted by molar-refractivity contribution is -0.140. The summed E-state index contributed by atoms with van der Waals surface area (Å²) in [5.41, 5.74) is 2.49. The summed E-state index contributed by atoms with van der Waals surface area (Å²) in [6.45, 7) is 9.19. The Morgan fingerprint density at radius 2 is 1.68 bits per heavy atom. The van der Waals surface area contributed by atoms with E-state index in [9.17, 15) is 14.7 Å². The molecular weight excluding hydrogens is 468 g/mol. The fourth-order valence-corrected chi connectivity index (χ4v) is 4.90. The predicted octanol–water partition coefficient (Wildman–Crippen LogP) is 4.71. The van der Waals surface area contributed by atoms with Crippen LogP contribution in [0.25, 0.3) is 5.76 Å². The van der Waals surface area contributed by atoms with Gasteiger partial charge in [0.25, 0.3) is 11.7 Å². The van der Waals surface area contributed by atoms with Crippen molar-refractivity contribution in [2.45, 2.75) is 45.6 Å². The summed E-state index contributed by atoms with van der Waals surface area (Å²) >= 11 is 0. The number of aryl methyl sites for hydroxylation is 1. The van der Waals surface area contributed by atoms with E-state index >= 15 is 0 Å². The number of carbonyl (C=O) groups excluding carboxylic acids is 2. The Kier molecular flexibility index (Phi) is 9.36. The minimum Gasteiger partial charge on any atom is -0.507 e. The number of hydrogen-bond acceptors (Lipinski definition) is 6. The van der Waals surface area contributed by atoms with E-state index in [1.807, 2.05) is 43.3 Å². The fourth-order valence-electron chi connectivity index (χ4n) is 4.90. The number of hydrogen-bond donors (Lipinski definition) is 1. The number of likely N-dealkylation sites (tertiary alicyclic amines) is 1. The Bertz CT molecular complexity index is 1090. The van der Waals surface area contributed by atoms with Crippen molar-refractivity contribution in [3.05, 3.63) is 70.8 Å². The minimum absolute atomic E-state index is 0.136. The van der Waals surface area contributed by atoms with Gasteiger partial charge in [-0.05, 0) is 37.5 Å². The molecule has 1 N–H and O–H groups in total. The van der Waals surface area contributed by atoms with Gasteiger partial charge in [0, 0.05) is 31.7 Å². The standard InChI is InChI=1S/C30H38N2O5/c1-3-4-5-19-37-25-13-11-23(12-14-25)27-26(28(33)24-9-7-22(2)8-10-24)29(34)30(35)32(27)16-6-15-31-17-20-36-21-18-31/h7-14,27,33H,3-6,15-21H2,1-2H3/b28-26+. The third-order valence-electron chi connectivity index (χ3n) is 7.05. The van der Waals surface area contributed by atoms with Gasteiger partial charge in [-0.25, -0.2) is 0 Å². The van der Waals surface area contributed by atoms with Gasteiger partial charge < -0.3 is 19.5 Å². The number of aliphatic hydroxyl groups excluding tert-OH is 1. The molecule has 2 aliphatic rings. The molecule has 0 spiro atoms. The zero-order chi connectivity index (χ0) is 26.2. The molecule has 1 amide bonds. The molecule has 1 atom stereocenters. The molecule has 2 aromatic carbocycles. The SMILES string of the molecule is CCCCCOc1ccc(C2/C(=C(\O)c3ccc(C)cc3)C(=O)C(=O)N2CCCN2CCOCC2)cc1. The van der Waals surface area contributed by atoms with Gasteiger partial charge >= 0.3 is 0 Å². The Labute approximate surface area is 219 Å². The van der Waals surface area contributed by atoms with E-state index in [1.54, 1.807) is 17.0 Å². The number of unbranched alkanes of at least 4 members (excludes halogenated alkanes) is 2. The van der Waals surface area contributed by atoms with Gasteiger partial charge in [0.1, 0.15) is 11.5 Å². The fraction of sp³-hybridized carbons (Fsp3) is 0.467. The third-order valence-corrected chi connectivity index (χ3v) is 7.05. The van der Waals surface area contributed by atoms with E-state index in [4.69, 9.17) is 9.47 Å². The zero-order valence-electron chi connectivity index (χ0n) is 21.9. The molecule has 2 fully saturated rings. The smallest absolute Gasteiger partial charge is 0.295 e. The summed E-state index contributed by atoms with van der Waals surface area (Å²) < 4.78 is 11.3. The van der Waals surface area contributed by atoms with E-state index in [0.29, 0.717) is 31.9 Å². The normalized spacial score (nSPS) is 19.9. The van der Waals surface area contributed by atoms with Crippen molar-refractivity contribution in [2.75, 3.05) is 46.0 Å². The molecule has 7 heteroatoms. The van der Waals surface area contributed by atoms with Crippen LogP contribution in [0.3, 0.4) is 0 Å². The quantitative estimate of drug-likeness (QED) is 0.206. The van der Waals surface area contributed by atoms with Crippen LogP contribution in [-0.2, 0) is 14.3 Å². The summed E-state index contributed by atoms with van der Waals surface area (Å²) in [6.07, 6.45) is 3.98.